The summed E-state index contributed by atoms with van der Waals surface area (Å²) in [5, 5.41) is 5.55. The maximum absolute atomic E-state index is 12.9. The number of likely N-dealkylation sites (tertiary alicyclic amines) is 1. The maximum Gasteiger partial charge on any atom is 0.240 e. The van der Waals surface area contributed by atoms with Crippen LogP contribution in [0, 0.1) is 0 Å². The molecule has 1 fully saturated rings. The van der Waals surface area contributed by atoms with Crippen molar-refractivity contribution in [1.82, 2.24) is 20.3 Å². The van der Waals surface area contributed by atoms with Crippen molar-refractivity contribution in [3.8, 4) is 5.75 Å². The predicted molar refractivity (Wildman–Crippen MR) is 246 cm³/mol. The van der Waals surface area contributed by atoms with E-state index in [2.05, 4.69) is 44.5 Å². The first-order valence-electron chi connectivity index (χ1n) is 23.4. The number of fused-ring (bicyclic) bond motifs is 1. The van der Waals surface area contributed by atoms with Crippen LogP contribution >= 0.6 is 0 Å². The fourth-order valence-corrected chi connectivity index (χ4v) is 8.18. The number of carbonyl (C=O) groups is 2. The van der Waals surface area contributed by atoms with Gasteiger partial charge in [0.05, 0.1) is 130 Å². The van der Waals surface area contributed by atoms with E-state index in [4.69, 9.17) is 53.1 Å². The molecule has 2 aliphatic rings. The Morgan fingerprint density at radius 1 is 0.561 bits per heavy atom. The zero-order chi connectivity index (χ0) is 46.8. The van der Waals surface area contributed by atoms with Gasteiger partial charge in [-0.15, -0.1) is 0 Å². The summed E-state index contributed by atoms with van der Waals surface area (Å²) in [4.78, 5) is 26.5. The Morgan fingerprint density at radius 3 is 1.53 bits per heavy atom. The monoisotopic (exact) mass is 954 g/mol. The standard InChI is InChI=1S/C46H75N5O14S/c47-14-22-58-28-29-59-23-15-48-44(52)12-20-56-26-32-62-34-36-64-37-35-63-33-27-57-21-13-45(53)49-16-24-60-30-31-61-25-17-50-66(54,55)41-10-8-40(9-11-41)65-46-42-7-3-2-6-39(42)38-43(46)51-18-4-1-5-19-51/h2-3,6-11,43,46,50H,1,4-5,12-38,47H2,(H,48,52)(H,49,53)/t43-,46-/m0/s1. The van der Waals surface area contributed by atoms with Crippen molar-refractivity contribution in [2.45, 2.75) is 55.6 Å². The molecule has 0 bridgehead atoms. The third-order valence-electron chi connectivity index (χ3n) is 10.5. The van der Waals surface area contributed by atoms with Gasteiger partial charge < -0.3 is 63.7 Å². The van der Waals surface area contributed by atoms with Gasteiger partial charge in [0.2, 0.25) is 21.8 Å². The first-order valence-corrected chi connectivity index (χ1v) is 24.9. The number of carbonyl (C=O) groups excluding carboxylic acids is 2. The van der Waals surface area contributed by atoms with Crippen LogP contribution in [0.5, 0.6) is 5.75 Å². The molecular weight excluding hydrogens is 879 g/mol. The van der Waals surface area contributed by atoms with Gasteiger partial charge in [0, 0.05) is 39.0 Å². The second-order valence-corrected chi connectivity index (χ2v) is 17.2. The van der Waals surface area contributed by atoms with Crippen LogP contribution in [-0.4, -0.2) is 189 Å². The molecule has 0 spiro atoms. The summed E-state index contributed by atoms with van der Waals surface area (Å²) in [5.41, 5.74) is 7.85. The lowest BCUT2D eigenvalue weighted by atomic mass is 10.0. The molecule has 1 aliphatic carbocycles. The number of ether oxygens (including phenoxy) is 10. The van der Waals surface area contributed by atoms with Gasteiger partial charge in [0.1, 0.15) is 11.9 Å². The highest BCUT2D eigenvalue weighted by molar-refractivity contribution is 7.89. The smallest absolute Gasteiger partial charge is 0.240 e. The molecule has 0 aromatic heterocycles. The van der Waals surface area contributed by atoms with Crippen molar-refractivity contribution < 1.29 is 65.4 Å². The number of rotatable bonds is 40. The number of amides is 2. The Bertz CT molecular complexity index is 1690. The summed E-state index contributed by atoms with van der Waals surface area (Å²) in [6, 6.07) is 15.3. The molecule has 1 saturated heterocycles. The number of piperidine rings is 1. The Hall–Kier alpha value is -3.35. The minimum absolute atomic E-state index is 0.0964. The molecule has 2 atom stereocenters. The lowest BCUT2D eigenvalue weighted by molar-refractivity contribution is -0.123. The quantitative estimate of drug-likeness (QED) is 0.0697. The summed E-state index contributed by atoms with van der Waals surface area (Å²) >= 11 is 0. The summed E-state index contributed by atoms with van der Waals surface area (Å²) in [6.45, 7) is 10.3. The van der Waals surface area contributed by atoms with E-state index in [1.807, 2.05) is 0 Å². The molecule has 0 unspecified atom stereocenters. The summed E-state index contributed by atoms with van der Waals surface area (Å²) in [5.74, 6) is 0.403. The second-order valence-electron chi connectivity index (χ2n) is 15.5. The first-order chi connectivity index (χ1) is 32.4. The highest BCUT2D eigenvalue weighted by Crippen LogP contribution is 2.39. The SMILES string of the molecule is NCCOCCOCCNC(=O)CCOCCOCCOCCOCCOCCC(=O)NCCOCCOCCNS(=O)(=O)c1ccc(O[C@H]2c3ccccc3C[C@@H]2N2CCCCC2)cc1. The minimum Gasteiger partial charge on any atom is -0.484 e. The average Bonchev–Trinajstić information content (AvgIpc) is 3.69. The summed E-state index contributed by atoms with van der Waals surface area (Å²) < 4.78 is 83.8. The van der Waals surface area contributed by atoms with Crippen molar-refractivity contribution in [2.75, 3.05) is 158 Å². The lowest BCUT2D eigenvalue weighted by Gasteiger charge is -2.35. The van der Waals surface area contributed by atoms with Crippen LogP contribution in [0.25, 0.3) is 0 Å². The van der Waals surface area contributed by atoms with E-state index in [-0.39, 0.29) is 68.1 Å². The molecule has 0 saturated carbocycles. The number of sulfonamides is 1. The molecule has 20 heteroatoms. The zero-order valence-corrected chi connectivity index (χ0v) is 39.5. The van der Waals surface area contributed by atoms with Gasteiger partial charge in [0.15, 0.2) is 0 Å². The highest BCUT2D eigenvalue weighted by Gasteiger charge is 2.38. The summed E-state index contributed by atoms with van der Waals surface area (Å²) in [6.07, 6.45) is 5.02. The van der Waals surface area contributed by atoms with E-state index < -0.39 is 10.0 Å². The molecule has 2 aromatic carbocycles. The molecule has 66 heavy (non-hydrogen) atoms. The Kier molecular flexibility index (Phi) is 29.2. The van der Waals surface area contributed by atoms with Crippen LogP contribution < -0.4 is 25.8 Å². The minimum atomic E-state index is -3.72. The Morgan fingerprint density at radius 2 is 1.02 bits per heavy atom. The van der Waals surface area contributed by atoms with Crippen LogP contribution in [0.4, 0.5) is 0 Å². The molecule has 1 aliphatic heterocycles. The molecule has 1 heterocycles. The Labute approximate surface area is 391 Å². The molecule has 0 radical (unpaired) electrons. The van der Waals surface area contributed by atoms with E-state index in [9.17, 15) is 18.0 Å². The lowest BCUT2D eigenvalue weighted by Crippen LogP contribution is -2.43. The number of hydrogen-bond donors (Lipinski definition) is 4. The molecule has 2 amide bonds. The largest absolute Gasteiger partial charge is 0.484 e. The van der Waals surface area contributed by atoms with Crippen LogP contribution in [0.3, 0.4) is 0 Å². The van der Waals surface area contributed by atoms with Gasteiger partial charge in [-0.2, -0.15) is 0 Å². The van der Waals surface area contributed by atoms with Gasteiger partial charge in [-0.25, -0.2) is 13.1 Å². The summed E-state index contributed by atoms with van der Waals surface area (Å²) in [7, 11) is -3.72. The predicted octanol–water partition coefficient (Wildman–Crippen LogP) is 1.62. The average molecular weight is 954 g/mol. The van der Waals surface area contributed by atoms with Crippen LogP contribution in [0.2, 0.25) is 0 Å². The van der Waals surface area contributed by atoms with Crippen LogP contribution in [-0.2, 0) is 68.7 Å². The number of nitrogens with zero attached hydrogens (tertiary/aromatic N) is 1. The molecule has 374 valence electrons. The number of benzene rings is 2. The van der Waals surface area contributed by atoms with Gasteiger partial charge >= 0.3 is 0 Å². The molecule has 19 nitrogen and oxygen atoms in total. The van der Waals surface area contributed by atoms with Gasteiger partial charge in [-0.1, -0.05) is 30.7 Å². The van der Waals surface area contributed by atoms with Crippen molar-refractivity contribution in [2.24, 2.45) is 5.73 Å². The molecule has 5 N–H and O–H groups in total. The molecule has 4 rings (SSSR count). The van der Waals surface area contributed by atoms with Crippen LogP contribution in [0.1, 0.15) is 49.3 Å². The van der Waals surface area contributed by atoms with Crippen molar-refractivity contribution in [1.29, 1.82) is 0 Å². The fourth-order valence-electron chi connectivity index (χ4n) is 7.17. The third-order valence-corrected chi connectivity index (χ3v) is 12.0. The van der Waals surface area contributed by atoms with E-state index in [1.165, 1.54) is 30.4 Å². The van der Waals surface area contributed by atoms with Gasteiger partial charge in [-0.05, 0) is 67.7 Å². The van der Waals surface area contributed by atoms with E-state index in [0.717, 1.165) is 19.5 Å². The fraction of sp³-hybridized carbons (Fsp3) is 0.696. The number of nitrogens with one attached hydrogen (secondary N) is 3. The first kappa shape index (κ1) is 55.2. The third kappa shape index (κ3) is 23.6. The Balaban J connectivity index is 0.867. The second kappa shape index (κ2) is 34.9. The number of nitrogens with two attached hydrogens (primary N) is 1. The van der Waals surface area contributed by atoms with Crippen LogP contribution in [0.15, 0.2) is 53.4 Å². The zero-order valence-electron chi connectivity index (χ0n) is 38.6. The normalized spacial score (nSPS) is 16.3. The van der Waals surface area contributed by atoms with Gasteiger partial charge in [-0.3, -0.25) is 14.5 Å². The van der Waals surface area contributed by atoms with E-state index in [1.54, 1.807) is 24.3 Å². The molecule has 2 aromatic rings. The van der Waals surface area contributed by atoms with Gasteiger partial charge in [0.25, 0.3) is 0 Å². The maximum atomic E-state index is 12.9. The van der Waals surface area contributed by atoms with E-state index >= 15 is 0 Å². The highest BCUT2D eigenvalue weighted by atomic mass is 32.2. The number of hydrogen-bond acceptors (Lipinski definition) is 16. The van der Waals surface area contributed by atoms with Crippen molar-refractivity contribution >= 4 is 21.8 Å². The molecular formula is C46H75N5O14S. The van der Waals surface area contributed by atoms with Crippen molar-refractivity contribution in [3.63, 3.8) is 0 Å². The van der Waals surface area contributed by atoms with E-state index in [0.29, 0.717) is 124 Å². The van der Waals surface area contributed by atoms with Crippen molar-refractivity contribution in [3.05, 3.63) is 59.7 Å². The topological polar surface area (TPSA) is 226 Å².